The maximum absolute atomic E-state index is 6.43. The van der Waals surface area contributed by atoms with Crippen molar-refractivity contribution in [1.82, 2.24) is 9.55 Å². The summed E-state index contributed by atoms with van der Waals surface area (Å²) in [6, 6.07) is 65.8. The number of hydrogen-bond donors (Lipinski definition) is 0. The third-order valence-electron chi connectivity index (χ3n) is 10.4. The Hall–Kier alpha value is -7.37. The summed E-state index contributed by atoms with van der Waals surface area (Å²) in [6.07, 6.45) is 0. The fraction of sp³-hybridized carbons (Fsp3) is 0. The second-order valence-corrected chi connectivity index (χ2v) is 13.6. The van der Waals surface area contributed by atoms with Crippen LogP contribution in [0.5, 0.6) is 0 Å². The number of hydrogen-bond acceptors (Lipinski definition) is 4. The number of furan rings is 1. The monoisotopic (exact) mass is 693 g/mol. The fourth-order valence-corrected chi connectivity index (χ4v) is 7.86. The van der Waals surface area contributed by atoms with Crippen LogP contribution >= 0.6 is 0 Å². The molecule has 0 aliphatic carbocycles. The number of anilines is 3. The second kappa shape index (κ2) is 12.1. The summed E-state index contributed by atoms with van der Waals surface area (Å²) in [5.74, 6) is 0.595. The van der Waals surface area contributed by atoms with Gasteiger partial charge in [-0.1, -0.05) is 97.1 Å². The van der Waals surface area contributed by atoms with E-state index in [0.717, 1.165) is 66.9 Å². The minimum atomic E-state index is 0.595. The molecule has 0 amide bonds. The molecule has 8 aromatic carbocycles. The maximum Gasteiger partial charge on any atom is 0.227 e. The summed E-state index contributed by atoms with van der Waals surface area (Å²) in [5, 5.41) is 4.39. The molecule has 0 unspecified atom stereocenters. The molecule has 0 saturated heterocycles. The molecule has 0 aliphatic rings. The van der Waals surface area contributed by atoms with Gasteiger partial charge in [0.2, 0.25) is 5.89 Å². The van der Waals surface area contributed by atoms with E-state index in [0.29, 0.717) is 5.89 Å². The zero-order chi connectivity index (χ0) is 35.6. The molecule has 0 fully saturated rings. The average Bonchev–Trinajstić information content (AvgIpc) is 3.92. The Morgan fingerprint density at radius 3 is 1.76 bits per heavy atom. The van der Waals surface area contributed by atoms with Crippen molar-refractivity contribution in [2.24, 2.45) is 0 Å². The van der Waals surface area contributed by atoms with Crippen LogP contribution in [0.1, 0.15) is 0 Å². The minimum Gasteiger partial charge on any atom is -0.456 e. The summed E-state index contributed by atoms with van der Waals surface area (Å²) < 4.78 is 15.1. The molecule has 5 heteroatoms. The van der Waals surface area contributed by atoms with Gasteiger partial charge < -0.3 is 18.3 Å². The van der Waals surface area contributed by atoms with E-state index in [9.17, 15) is 0 Å². The first-order valence-electron chi connectivity index (χ1n) is 18.1. The summed E-state index contributed by atoms with van der Waals surface area (Å²) in [7, 11) is 0. The molecule has 254 valence electrons. The van der Waals surface area contributed by atoms with Gasteiger partial charge in [-0.2, -0.15) is 0 Å². The smallest absolute Gasteiger partial charge is 0.227 e. The number of rotatable bonds is 6. The largest absolute Gasteiger partial charge is 0.456 e. The molecule has 5 nitrogen and oxygen atoms in total. The van der Waals surface area contributed by atoms with Gasteiger partial charge in [-0.15, -0.1) is 0 Å². The van der Waals surface area contributed by atoms with E-state index in [2.05, 4.69) is 161 Å². The molecular formula is C49H31N3O2. The van der Waals surface area contributed by atoms with Gasteiger partial charge >= 0.3 is 0 Å². The van der Waals surface area contributed by atoms with E-state index < -0.39 is 0 Å². The van der Waals surface area contributed by atoms with Gasteiger partial charge in [-0.3, -0.25) is 0 Å². The van der Waals surface area contributed by atoms with E-state index >= 15 is 0 Å². The SMILES string of the molecule is c1ccc(-c2ccc(N(c3ccc4oc5cc6nc(-c7ccccc7)oc6cc5c4c3)c3ccc4c(c3)c3ccccc3n4-c3ccccc3)cc2)cc1. The quantitative estimate of drug-likeness (QED) is 0.174. The molecule has 11 rings (SSSR count). The Labute approximate surface area is 310 Å². The predicted molar refractivity (Wildman–Crippen MR) is 221 cm³/mol. The number of oxazole rings is 1. The molecule has 0 bridgehead atoms. The van der Waals surface area contributed by atoms with E-state index in [-0.39, 0.29) is 0 Å². The molecule has 0 aliphatic heterocycles. The molecule has 0 spiro atoms. The zero-order valence-electron chi connectivity index (χ0n) is 29.1. The molecule has 3 aromatic heterocycles. The van der Waals surface area contributed by atoms with Crippen molar-refractivity contribution in [2.45, 2.75) is 0 Å². The number of nitrogens with zero attached hydrogens (tertiary/aromatic N) is 3. The number of benzene rings is 8. The molecule has 0 saturated carbocycles. The van der Waals surface area contributed by atoms with Crippen LogP contribution < -0.4 is 4.90 Å². The van der Waals surface area contributed by atoms with Gasteiger partial charge in [0.25, 0.3) is 0 Å². The Morgan fingerprint density at radius 2 is 0.981 bits per heavy atom. The van der Waals surface area contributed by atoms with Crippen LogP contribution in [0.4, 0.5) is 17.1 Å². The summed E-state index contributed by atoms with van der Waals surface area (Å²) >= 11 is 0. The number of fused-ring (bicyclic) bond motifs is 7. The molecule has 0 radical (unpaired) electrons. The normalized spacial score (nSPS) is 11.7. The first-order chi connectivity index (χ1) is 26.7. The second-order valence-electron chi connectivity index (χ2n) is 13.6. The highest BCUT2D eigenvalue weighted by Gasteiger charge is 2.20. The number of aromatic nitrogens is 2. The van der Waals surface area contributed by atoms with Gasteiger partial charge in [0.1, 0.15) is 16.7 Å². The van der Waals surface area contributed by atoms with Crippen molar-refractivity contribution in [3.63, 3.8) is 0 Å². The Kier molecular flexibility index (Phi) is 6.79. The van der Waals surface area contributed by atoms with E-state index in [1.54, 1.807) is 0 Å². The van der Waals surface area contributed by atoms with E-state index in [1.807, 2.05) is 36.4 Å². The first-order valence-corrected chi connectivity index (χ1v) is 18.1. The van der Waals surface area contributed by atoms with Crippen LogP contribution in [-0.4, -0.2) is 9.55 Å². The molecule has 0 atom stereocenters. The van der Waals surface area contributed by atoms with Crippen LogP contribution in [0.2, 0.25) is 0 Å². The standard InChI is InChI=1S/C49H31N3O2/c1-4-12-32(13-5-1)33-20-22-36(23-21-33)51(37-24-26-45-40(28-37)39-18-10-11-19-44(39)52(45)35-16-8-3-9-17-35)38-25-27-46-41(29-38)42-30-48-43(31-47(42)53-46)50-49(54-48)34-14-6-2-7-15-34/h1-31H. The van der Waals surface area contributed by atoms with Crippen molar-refractivity contribution in [1.29, 1.82) is 0 Å². The van der Waals surface area contributed by atoms with Crippen LogP contribution in [-0.2, 0) is 0 Å². The van der Waals surface area contributed by atoms with Gasteiger partial charge in [0.15, 0.2) is 5.58 Å². The third-order valence-corrected chi connectivity index (χ3v) is 10.4. The van der Waals surface area contributed by atoms with Crippen molar-refractivity contribution in [3.8, 4) is 28.3 Å². The lowest BCUT2D eigenvalue weighted by Crippen LogP contribution is -2.09. The summed E-state index contributed by atoms with van der Waals surface area (Å²) in [6.45, 7) is 0. The lowest BCUT2D eigenvalue weighted by Gasteiger charge is -2.26. The van der Waals surface area contributed by atoms with E-state index in [4.69, 9.17) is 13.8 Å². The average molecular weight is 694 g/mol. The Morgan fingerprint density at radius 1 is 0.389 bits per heavy atom. The molecule has 0 N–H and O–H groups in total. The van der Waals surface area contributed by atoms with Crippen molar-refractivity contribution in [2.75, 3.05) is 4.90 Å². The molecule has 54 heavy (non-hydrogen) atoms. The Bertz CT molecular complexity index is 3140. The zero-order valence-corrected chi connectivity index (χ0v) is 29.1. The highest BCUT2D eigenvalue weighted by atomic mass is 16.4. The highest BCUT2D eigenvalue weighted by molar-refractivity contribution is 6.12. The summed E-state index contributed by atoms with van der Waals surface area (Å²) in [5.41, 5.74) is 13.0. The lowest BCUT2D eigenvalue weighted by atomic mass is 10.0. The van der Waals surface area contributed by atoms with Crippen LogP contribution in [0.3, 0.4) is 0 Å². The summed E-state index contributed by atoms with van der Waals surface area (Å²) in [4.78, 5) is 7.12. The van der Waals surface area contributed by atoms with Crippen LogP contribution in [0.25, 0.3) is 83.1 Å². The van der Waals surface area contributed by atoms with Gasteiger partial charge in [0, 0.05) is 55.9 Å². The maximum atomic E-state index is 6.43. The molecule has 11 aromatic rings. The minimum absolute atomic E-state index is 0.595. The molecular weight excluding hydrogens is 663 g/mol. The van der Waals surface area contributed by atoms with Crippen molar-refractivity contribution < 1.29 is 8.83 Å². The lowest BCUT2D eigenvalue weighted by molar-refractivity contribution is 0.620. The van der Waals surface area contributed by atoms with Gasteiger partial charge in [0.05, 0.1) is 11.0 Å². The first kappa shape index (κ1) is 30.3. The third kappa shape index (κ3) is 4.90. The number of para-hydroxylation sites is 2. The molecule has 3 heterocycles. The fourth-order valence-electron chi connectivity index (χ4n) is 7.86. The topological polar surface area (TPSA) is 47.3 Å². The van der Waals surface area contributed by atoms with Gasteiger partial charge in [-0.05, 0) is 96.1 Å². The van der Waals surface area contributed by atoms with Crippen molar-refractivity contribution >= 4 is 71.9 Å². The van der Waals surface area contributed by atoms with E-state index in [1.165, 1.54) is 27.4 Å². The van der Waals surface area contributed by atoms with Crippen LogP contribution in [0, 0.1) is 0 Å². The highest BCUT2D eigenvalue weighted by Crippen LogP contribution is 2.43. The Balaban J connectivity index is 1.10. The van der Waals surface area contributed by atoms with Crippen LogP contribution in [0.15, 0.2) is 197 Å². The van der Waals surface area contributed by atoms with Crippen molar-refractivity contribution in [3.05, 3.63) is 188 Å². The predicted octanol–water partition coefficient (Wildman–Crippen LogP) is 13.6. The van der Waals surface area contributed by atoms with Gasteiger partial charge in [-0.25, -0.2) is 4.98 Å².